The van der Waals surface area contributed by atoms with Gasteiger partial charge in [0.2, 0.25) is 10.0 Å². The fraction of sp³-hybridized carbons (Fsp3) is 0.294. The quantitative estimate of drug-likeness (QED) is 0.860. The first kappa shape index (κ1) is 16.7. The Kier molecular flexibility index (Phi) is 5.34. The van der Waals surface area contributed by atoms with Crippen molar-refractivity contribution in [2.24, 2.45) is 0 Å². The number of hydrogen-bond donors (Lipinski definition) is 2. The van der Waals surface area contributed by atoms with E-state index in [0.717, 1.165) is 11.1 Å². The first-order valence-corrected chi connectivity index (χ1v) is 8.69. The Hall–Kier alpha value is -1.69. The Bertz CT molecular complexity index is 696. The van der Waals surface area contributed by atoms with Gasteiger partial charge in [0.15, 0.2) is 0 Å². The highest BCUT2D eigenvalue weighted by Gasteiger charge is 2.19. The summed E-state index contributed by atoms with van der Waals surface area (Å²) in [7, 11) is -3.57. The molecule has 0 spiro atoms. The minimum absolute atomic E-state index is 0.235. The Balaban J connectivity index is 2.02. The molecule has 0 amide bonds. The molecule has 0 saturated carbocycles. The lowest BCUT2D eigenvalue weighted by atomic mass is 10.0. The van der Waals surface area contributed by atoms with Crippen LogP contribution in [0.5, 0.6) is 0 Å². The molecule has 0 aliphatic rings. The Labute approximate surface area is 131 Å². The van der Waals surface area contributed by atoms with Gasteiger partial charge in [0.05, 0.1) is 11.0 Å². The summed E-state index contributed by atoms with van der Waals surface area (Å²) in [5.74, 6) is 0. The molecule has 2 rings (SSSR count). The maximum Gasteiger partial charge on any atom is 0.240 e. The molecular formula is C17H21NO3S. The average molecular weight is 319 g/mol. The number of nitrogens with one attached hydrogen (secondary N) is 1. The average Bonchev–Trinajstić information content (AvgIpc) is 2.48. The van der Waals surface area contributed by atoms with E-state index in [4.69, 9.17) is 0 Å². The molecule has 0 aromatic heterocycles. The molecule has 0 radical (unpaired) electrons. The minimum atomic E-state index is -3.57. The van der Waals surface area contributed by atoms with Crippen LogP contribution in [0.4, 0.5) is 0 Å². The normalized spacial score (nSPS) is 14.5. The maximum atomic E-state index is 12.3. The summed E-state index contributed by atoms with van der Waals surface area (Å²) >= 11 is 0. The zero-order chi connectivity index (χ0) is 16.2. The SMILES string of the molecule is Cc1ccc(S(=O)(=O)N[C@H](C)C[C@@H](O)c2ccccc2)cc1. The van der Waals surface area contributed by atoms with Crippen molar-refractivity contribution in [3.63, 3.8) is 0 Å². The summed E-state index contributed by atoms with van der Waals surface area (Å²) in [6.07, 6.45) is -0.383. The molecule has 2 atom stereocenters. The molecule has 0 bridgehead atoms. The molecule has 0 heterocycles. The first-order valence-electron chi connectivity index (χ1n) is 7.20. The lowest BCUT2D eigenvalue weighted by Crippen LogP contribution is -2.33. The lowest BCUT2D eigenvalue weighted by molar-refractivity contribution is 0.158. The van der Waals surface area contributed by atoms with Crippen LogP contribution >= 0.6 is 0 Å². The second kappa shape index (κ2) is 7.05. The van der Waals surface area contributed by atoms with Gasteiger partial charge in [-0.25, -0.2) is 13.1 Å². The van der Waals surface area contributed by atoms with Gasteiger partial charge in [0.1, 0.15) is 0 Å². The molecule has 2 aromatic carbocycles. The smallest absolute Gasteiger partial charge is 0.240 e. The summed E-state index contributed by atoms with van der Waals surface area (Å²) in [6, 6.07) is 15.5. The summed E-state index contributed by atoms with van der Waals surface area (Å²) in [5.41, 5.74) is 1.79. The van der Waals surface area contributed by atoms with Crippen LogP contribution in [-0.2, 0) is 10.0 Å². The Morgan fingerprint density at radius 2 is 1.64 bits per heavy atom. The number of aliphatic hydroxyl groups is 1. The van der Waals surface area contributed by atoms with E-state index in [-0.39, 0.29) is 10.9 Å². The van der Waals surface area contributed by atoms with E-state index in [9.17, 15) is 13.5 Å². The first-order chi connectivity index (χ1) is 10.4. The standard InChI is InChI=1S/C17H21NO3S/c1-13-8-10-16(11-9-13)22(20,21)18-14(2)12-17(19)15-6-4-3-5-7-15/h3-11,14,17-19H,12H2,1-2H3/t14-,17-/m1/s1. The van der Waals surface area contributed by atoms with E-state index in [1.165, 1.54) is 0 Å². The van der Waals surface area contributed by atoms with Crippen molar-refractivity contribution in [3.05, 3.63) is 65.7 Å². The van der Waals surface area contributed by atoms with Gasteiger partial charge < -0.3 is 5.11 Å². The largest absolute Gasteiger partial charge is 0.388 e. The van der Waals surface area contributed by atoms with Crippen molar-refractivity contribution in [2.75, 3.05) is 0 Å². The zero-order valence-electron chi connectivity index (χ0n) is 12.7. The second-order valence-corrected chi connectivity index (χ2v) is 7.21. The van der Waals surface area contributed by atoms with Crippen molar-refractivity contribution < 1.29 is 13.5 Å². The number of aryl methyl sites for hydroxylation is 1. The van der Waals surface area contributed by atoms with Gasteiger partial charge in [-0.15, -0.1) is 0 Å². The van der Waals surface area contributed by atoms with Crippen LogP contribution in [0.25, 0.3) is 0 Å². The van der Waals surface area contributed by atoms with Gasteiger partial charge in [0, 0.05) is 6.04 Å². The highest BCUT2D eigenvalue weighted by atomic mass is 32.2. The molecule has 0 aliphatic carbocycles. The van der Waals surface area contributed by atoms with Gasteiger partial charge in [0.25, 0.3) is 0 Å². The van der Waals surface area contributed by atoms with Gasteiger partial charge in [-0.1, -0.05) is 48.0 Å². The number of rotatable bonds is 6. The molecule has 2 N–H and O–H groups in total. The van der Waals surface area contributed by atoms with E-state index < -0.39 is 16.1 Å². The lowest BCUT2D eigenvalue weighted by Gasteiger charge is -2.18. The summed E-state index contributed by atoms with van der Waals surface area (Å²) in [5, 5.41) is 10.2. The van der Waals surface area contributed by atoms with Crippen LogP contribution in [-0.4, -0.2) is 19.6 Å². The van der Waals surface area contributed by atoms with E-state index >= 15 is 0 Å². The van der Waals surface area contributed by atoms with Gasteiger partial charge in [-0.3, -0.25) is 0 Å². The van der Waals surface area contributed by atoms with Crippen LogP contribution in [0, 0.1) is 6.92 Å². The van der Waals surface area contributed by atoms with Crippen molar-refractivity contribution in [1.29, 1.82) is 0 Å². The van der Waals surface area contributed by atoms with Crippen molar-refractivity contribution in [3.8, 4) is 0 Å². The van der Waals surface area contributed by atoms with Crippen molar-refractivity contribution >= 4 is 10.0 Å². The monoisotopic (exact) mass is 319 g/mol. The Morgan fingerprint density at radius 1 is 1.05 bits per heavy atom. The van der Waals surface area contributed by atoms with Crippen LogP contribution in [0.3, 0.4) is 0 Å². The van der Waals surface area contributed by atoms with Crippen LogP contribution in [0.1, 0.15) is 30.6 Å². The van der Waals surface area contributed by atoms with E-state index in [1.807, 2.05) is 37.3 Å². The minimum Gasteiger partial charge on any atom is -0.388 e. The molecule has 0 aliphatic heterocycles. The summed E-state index contributed by atoms with van der Waals surface area (Å²) < 4.78 is 27.2. The molecule has 2 aromatic rings. The number of aliphatic hydroxyl groups excluding tert-OH is 1. The van der Waals surface area contributed by atoms with Crippen molar-refractivity contribution in [1.82, 2.24) is 4.72 Å². The Morgan fingerprint density at radius 3 is 2.23 bits per heavy atom. The molecule has 0 unspecified atom stereocenters. The molecule has 0 fully saturated rings. The third-order valence-electron chi connectivity index (χ3n) is 3.45. The molecule has 118 valence electrons. The number of sulfonamides is 1. The highest BCUT2D eigenvalue weighted by molar-refractivity contribution is 7.89. The maximum absolute atomic E-state index is 12.3. The summed E-state index contributed by atoms with van der Waals surface area (Å²) in [4.78, 5) is 0.235. The third kappa shape index (κ3) is 4.40. The van der Waals surface area contributed by atoms with E-state index in [0.29, 0.717) is 6.42 Å². The molecule has 22 heavy (non-hydrogen) atoms. The summed E-state index contributed by atoms with van der Waals surface area (Å²) in [6.45, 7) is 3.65. The predicted octanol–water partition coefficient (Wildman–Crippen LogP) is 2.79. The molecule has 5 heteroatoms. The number of hydrogen-bond acceptors (Lipinski definition) is 3. The highest BCUT2D eigenvalue weighted by Crippen LogP contribution is 2.19. The molecule has 0 saturated heterocycles. The van der Waals surface area contributed by atoms with Crippen LogP contribution < -0.4 is 4.72 Å². The fourth-order valence-electron chi connectivity index (χ4n) is 2.24. The number of benzene rings is 2. The van der Waals surface area contributed by atoms with E-state index in [1.54, 1.807) is 31.2 Å². The zero-order valence-corrected chi connectivity index (χ0v) is 13.5. The fourth-order valence-corrected chi connectivity index (χ4v) is 3.50. The topological polar surface area (TPSA) is 66.4 Å². The van der Waals surface area contributed by atoms with E-state index in [2.05, 4.69) is 4.72 Å². The molecule has 4 nitrogen and oxygen atoms in total. The van der Waals surface area contributed by atoms with Gasteiger partial charge >= 0.3 is 0 Å². The second-order valence-electron chi connectivity index (χ2n) is 5.50. The van der Waals surface area contributed by atoms with Crippen molar-refractivity contribution in [2.45, 2.75) is 37.3 Å². The third-order valence-corrected chi connectivity index (χ3v) is 5.05. The predicted molar refractivity (Wildman–Crippen MR) is 87.0 cm³/mol. The molecular weight excluding hydrogens is 298 g/mol. The van der Waals surface area contributed by atoms with Gasteiger partial charge in [-0.05, 0) is 38.0 Å². The van der Waals surface area contributed by atoms with Crippen LogP contribution in [0.2, 0.25) is 0 Å². The van der Waals surface area contributed by atoms with Gasteiger partial charge in [-0.2, -0.15) is 0 Å². The van der Waals surface area contributed by atoms with Crippen LogP contribution in [0.15, 0.2) is 59.5 Å².